The Kier molecular flexibility index (Phi) is 3.15. The van der Waals surface area contributed by atoms with Crippen LogP contribution in [0.4, 0.5) is 5.69 Å². The van der Waals surface area contributed by atoms with Crippen LogP contribution < -0.4 is 10.6 Å². The van der Waals surface area contributed by atoms with Gasteiger partial charge >= 0.3 is 5.69 Å². The van der Waals surface area contributed by atoms with Crippen molar-refractivity contribution >= 4 is 22.6 Å². The van der Waals surface area contributed by atoms with E-state index in [9.17, 15) is 9.59 Å². The summed E-state index contributed by atoms with van der Waals surface area (Å²) in [5.41, 5.74) is 2.69. The molecule has 0 spiro atoms. The zero-order valence-electron chi connectivity index (χ0n) is 12.7. The number of anilines is 1. The molecule has 0 aliphatic carbocycles. The fourth-order valence-corrected chi connectivity index (χ4v) is 3.10. The maximum Gasteiger partial charge on any atom is 0.323 e. The summed E-state index contributed by atoms with van der Waals surface area (Å²) in [4.78, 5) is 31.5. The Morgan fingerprint density at radius 3 is 2.43 bits per heavy atom. The molecule has 0 fully saturated rings. The van der Waals surface area contributed by atoms with Crippen LogP contribution in [0.15, 0.2) is 16.9 Å². The molecule has 2 N–H and O–H groups in total. The summed E-state index contributed by atoms with van der Waals surface area (Å²) in [6.07, 6.45) is 3.24. The van der Waals surface area contributed by atoms with Crippen LogP contribution in [0.2, 0.25) is 0 Å². The molecule has 1 amide bonds. The first-order valence-corrected chi connectivity index (χ1v) is 7.53. The first kappa shape index (κ1) is 13.9. The highest BCUT2D eigenvalue weighted by Crippen LogP contribution is 2.43. The summed E-state index contributed by atoms with van der Waals surface area (Å²) in [5, 5.41) is 0. The van der Waals surface area contributed by atoms with E-state index >= 15 is 0 Å². The van der Waals surface area contributed by atoms with Crippen molar-refractivity contribution in [2.45, 2.75) is 45.4 Å². The van der Waals surface area contributed by atoms with E-state index in [1.807, 2.05) is 30.9 Å². The number of hydrogen-bond donors (Lipinski definition) is 2. The SMILES string of the molecule is CCCCCN1C(=O)C(C)(C)c2cc3[nH]c(=O)[nH]c3cc21. The molecule has 5 nitrogen and oxygen atoms in total. The Labute approximate surface area is 123 Å². The second-order valence-corrected chi connectivity index (χ2v) is 6.28. The summed E-state index contributed by atoms with van der Waals surface area (Å²) in [6.45, 7) is 6.79. The molecule has 3 rings (SSSR count). The standard InChI is InChI=1S/C16H21N3O2/c1-4-5-6-7-19-13-9-12-11(17-15(21)18-12)8-10(13)16(2,3)14(19)20/h8-9H,4-7H2,1-3H3,(H2,17,18,21). The second-order valence-electron chi connectivity index (χ2n) is 6.28. The fourth-order valence-electron chi connectivity index (χ4n) is 3.10. The maximum absolute atomic E-state index is 12.7. The third kappa shape index (κ3) is 2.07. The lowest BCUT2D eigenvalue weighted by molar-refractivity contribution is -0.122. The summed E-state index contributed by atoms with van der Waals surface area (Å²) in [6, 6.07) is 3.85. The Hall–Kier alpha value is -2.04. The molecule has 2 aromatic rings. The van der Waals surface area contributed by atoms with Gasteiger partial charge in [0.05, 0.1) is 22.1 Å². The monoisotopic (exact) mass is 287 g/mol. The number of imidazole rings is 1. The molecule has 0 bridgehead atoms. The zero-order valence-corrected chi connectivity index (χ0v) is 12.7. The lowest BCUT2D eigenvalue weighted by atomic mass is 9.86. The zero-order chi connectivity index (χ0) is 15.2. The summed E-state index contributed by atoms with van der Waals surface area (Å²) in [5.74, 6) is 0.142. The third-order valence-electron chi connectivity index (χ3n) is 4.36. The number of unbranched alkanes of at least 4 members (excludes halogenated alkanes) is 2. The normalized spacial score (nSPS) is 16.7. The molecule has 0 radical (unpaired) electrons. The van der Waals surface area contributed by atoms with Gasteiger partial charge < -0.3 is 14.9 Å². The number of H-pyrrole nitrogens is 2. The van der Waals surface area contributed by atoms with Gasteiger partial charge in [-0.1, -0.05) is 19.8 Å². The molecule has 21 heavy (non-hydrogen) atoms. The van der Waals surface area contributed by atoms with Gasteiger partial charge in [-0.25, -0.2) is 4.79 Å². The van der Waals surface area contributed by atoms with Gasteiger partial charge in [0.15, 0.2) is 0 Å². The number of nitrogens with one attached hydrogen (secondary N) is 2. The Balaban J connectivity index is 2.09. The number of amides is 1. The number of benzene rings is 1. The van der Waals surface area contributed by atoms with E-state index in [2.05, 4.69) is 16.9 Å². The number of hydrogen-bond acceptors (Lipinski definition) is 2. The minimum Gasteiger partial charge on any atom is -0.311 e. The number of rotatable bonds is 4. The maximum atomic E-state index is 12.7. The van der Waals surface area contributed by atoms with Crippen LogP contribution in [0, 0.1) is 0 Å². The van der Waals surface area contributed by atoms with Crippen LogP contribution in [0.1, 0.15) is 45.6 Å². The third-order valence-corrected chi connectivity index (χ3v) is 4.36. The van der Waals surface area contributed by atoms with Crippen molar-refractivity contribution in [3.8, 4) is 0 Å². The number of carbonyl (C=O) groups is 1. The average Bonchev–Trinajstić information content (AvgIpc) is 2.87. The molecule has 112 valence electrons. The molecule has 1 aromatic carbocycles. The Bertz CT molecular complexity index is 754. The van der Waals surface area contributed by atoms with Crippen molar-refractivity contribution < 1.29 is 4.79 Å². The molecule has 2 heterocycles. The van der Waals surface area contributed by atoms with Gasteiger partial charge in [-0.05, 0) is 38.0 Å². The Morgan fingerprint density at radius 1 is 1.10 bits per heavy atom. The van der Waals surface area contributed by atoms with Gasteiger partial charge in [-0.3, -0.25) is 4.79 Å². The van der Waals surface area contributed by atoms with Crippen LogP contribution in [0.25, 0.3) is 11.0 Å². The quantitative estimate of drug-likeness (QED) is 0.849. The van der Waals surface area contributed by atoms with E-state index in [-0.39, 0.29) is 11.6 Å². The van der Waals surface area contributed by atoms with Crippen LogP contribution >= 0.6 is 0 Å². The summed E-state index contributed by atoms with van der Waals surface area (Å²) in [7, 11) is 0. The smallest absolute Gasteiger partial charge is 0.311 e. The number of aromatic nitrogens is 2. The van der Waals surface area contributed by atoms with Gasteiger partial charge in [0.2, 0.25) is 5.91 Å². The molecule has 0 saturated heterocycles. The average molecular weight is 287 g/mol. The molecule has 5 heteroatoms. The van der Waals surface area contributed by atoms with Gasteiger partial charge in [-0.2, -0.15) is 0 Å². The van der Waals surface area contributed by atoms with Crippen molar-refractivity contribution in [1.82, 2.24) is 9.97 Å². The lowest BCUT2D eigenvalue weighted by Gasteiger charge is -2.20. The predicted octanol–water partition coefficient (Wildman–Crippen LogP) is 2.67. The van der Waals surface area contributed by atoms with Crippen molar-refractivity contribution in [2.24, 2.45) is 0 Å². The topological polar surface area (TPSA) is 69.0 Å². The van der Waals surface area contributed by atoms with Crippen molar-refractivity contribution in [2.75, 3.05) is 11.4 Å². The lowest BCUT2D eigenvalue weighted by Crippen LogP contribution is -2.36. The number of nitrogens with zero attached hydrogens (tertiary/aromatic N) is 1. The van der Waals surface area contributed by atoms with Crippen LogP contribution in [-0.2, 0) is 10.2 Å². The summed E-state index contributed by atoms with van der Waals surface area (Å²) < 4.78 is 0. The summed E-state index contributed by atoms with van der Waals surface area (Å²) >= 11 is 0. The van der Waals surface area contributed by atoms with Gasteiger partial charge in [0.25, 0.3) is 0 Å². The fraction of sp³-hybridized carbons (Fsp3) is 0.500. The highest BCUT2D eigenvalue weighted by atomic mass is 16.2. The molecule has 1 aromatic heterocycles. The van der Waals surface area contributed by atoms with Gasteiger partial charge in [-0.15, -0.1) is 0 Å². The van der Waals surface area contributed by atoms with Crippen LogP contribution in [0.5, 0.6) is 0 Å². The van der Waals surface area contributed by atoms with E-state index in [1.54, 1.807) is 0 Å². The van der Waals surface area contributed by atoms with E-state index in [0.717, 1.165) is 48.1 Å². The largest absolute Gasteiger partial charge is 0.323 e. The number of carbonyl (C=O) groups excluding carboxylic acids is 1. The molecule has 0 atom stereocenters. The van der Waals surface area contributed by atoms with Crippen molar-refractivity contribution in [1.29, 1.82) is 0 Å². The molecule has 0 unspecified atom stereocenters. The minimum absolute atomic E-state index is 0.142. The highest BCUT2D eigenvalue weighted by molar-refractivity contribution is 6.09. The highest BCUT2D eigenvalue weighted by Gasteiger charge is 2.43. The van der Waals surface area contributed by atoms with Crippen LogP contribution in [-0.4, -0.2) is 22.4 Å². The first-order valence-electron chi connectivity index (χ1n) is 7.53. The number of fused-ring (bicyclic) bond motifs is 2. The minimum atomic E-state index is -0.538. The van der Waals surface area contributed by atoms with Crippen molar-refractivity contribution in [3.05, 3.63) is 28.2 Å². The van der Waals surface area contributed by atoms with E-state index in [0.29, 0.717) is 0 Å². The van der Waals surface area contributed by atoms with E-state index in [1.165, 1.54) is 0 Å². The molecular weight excluding hydrogens is 266 g/mol. The molecular formula is C16H21N3O2. The van der Waals surface area contributed by atoms with E-state index < -0.39 is 5.41 Å². The van der Waals surface area contributed by atoms with Gasteiger partial charge in [0, 0.05) is 6.54 Å². The van der Waals surface area contributed by atoms with E-state index in [4.69, 9.17) is 0 Å². The molecule has 0 saturated carbocycles. The molecule has 1 aliphatic heterocycles. The van der Waals surface area contributed by atoms with Crippen molar-refractivity contribution in [3.63, 3.8) is 0 Å². The second kappa shape index (κ2) is 4.76. The van der Waals surface area contributed by atoms with Crippen LogP contribution in [0.3, 0.4) is 0 Å². The predicted molar refractivity (Wildman–Crippen MR) is 83.8 cm³/mol. The molecule has 1 aliphatic rings. The first-order chi connectivity index (χ1) is 9.95. The Morgan fingerprint density at radius 2 is 1.76 bits per heavy atom. The number of aromatic amines is 2. The van der Waals surface area contributed by atoms with Gasteiger partial charge in [0.1, 0.15) is 0 Å².